The maximum Gasteiger partial charge on any atom is 0.416 e. The Morgan fingerprint density at radius 2 is 2.00 bits per heavy atom. The fourth-order valence-electron chi connectivity index (χ4n) is 2.22. The molecule has 2 rings (SSSR count). The summed E-state index contributed by atoms with van der Waals surface area (Å²) in [7, 11) is 0. The van der Waals surface area contributed by atoms with E-state index in [0.717, 1.165) is 31.4 Å². The largest absolute Gasteiger partial charge is 0.416 e. The van der Waals surface area contributed by atoms with Crippen LogP contribution in [0.2, 0.25) is 0 Å². The van der Waals surface area contributed by atoms with E-state index < -0.39 is 11.7 Å². The summed E-state index contributed by atoms with van der Waals surface area (Å²) >= 11 is 0. The molecule has 1 fully saturated rings. The van der Waals surface area contributed by atoms with E-state index in [9.17, 15) is 18.0 Å². The Bertz CT molecular complexity index is 496. The van der Waals surface area contributed by atoms with Crippen LogP contribution in [0.4, 0.5) is 18.9 Å². The number of anilines is 1. The van der Waals surface area contributed by atoms with E-state index in [1.807, 2.05) is 0 Å². The number of halogens is 3. The fourth-order valence-corrected chi connectivity index (χ4v) is 2.22. The molecule has 0 radical (unpaired) electrons. The van der Waals surface area contributed by atoms with Gasteiger partial charge in [0.05, 0.1) is 5.56 Å². The van der Waals surface area contributed by atoms with Gasteiger partial charge < -0.3 is 11.1 Å². The molecule has 0 atom stereocenters. The normalized spacial score (nSPS) is 15.8. The standard InChI is InChI=1S/C14H17F3N2O/c15-14(16,17)11-4-10(8-18)5-12(7-11)19-13(20)6-9-2-1-3-9/h4-5,7,9H,1-3,6,8,18H2,(H,19,20). The summed E-state index contributed by atoms with van der Waals surface area (Å²) in [6.45, 7) is -0.00455. The molecule has 3 nitrogen and oxygen atoms in total. The number of hydrogen-bond donors (Lipinski definition) is 2. The molecule has 1 aliphatic rings. The number of carbonyl (C=O) groups is 1. The second-order valence-corrected chi connectivity index (χ2v) is 5.17. The molecule has 1 amide bonds. The average molecular weight is 286 g/mol. The molecule has 20 heavy (non-hydrogen) atoms. The molecule has 0 aromatic heterocycles. The van der Waals surface area contributed by atoms with Gasteiger partial charge in [0, 0.05) is 18.7 Å². The third kappa shape index (κ3) is 3.72. The van der Waals surface area contributed by atoms with Gasteiger partial charge in [0.25, 0.3) is 0 Å². The van der Waals surface area contributed by atoms with E-state index in [1.54, 1.807) is 0 Å². The Labute approximate surface area is 115 Å². The minimum absolute atomic E-state index is 0.00455. The van der Waals surface area contributed by atoms with E-state index in [4.69, 9.17) is 5.73 Å². The number of carbonyl (C=O) groups excluding carboxylic acids is 1. The van der Waals surface area contributed by atoms with Crippen molar-refractivity contribution < 1.29 is 18.0 Å². The lowest BCUT2D eigenvalue weighted by Crippen LogP contribution is -2.21. The Kier molecular flexibility index (Phi) is 4.32. The van der Waals surface area contributed by atoms with Crippen molar-refractivity contribution in [3.63, 3.8) is 0 Å². The van der Waals surface area contributed by atoms with Gasteiger partial charge in [-0.05, 0) is 42.5 Å². The lowest BCUT2D eigenvalue weighted by Gasteiger charge is -2.24. The maximum atomic E-state index is 12.7. The van der Waals surface area contributed by atoms with Gasteiger partial charge in [-0.15, -0.1) is 0 Å². The Hall–Kier alpha value is -1.56. The lowest BCUT2D eigenvalue weighted by atomic mass is 9.83. The molecule has 110 valence electrons. The summed E-state index contributed by atoms with van der Waals surface area (Å²) in [4.78, 5) is 11.8. The Balaban J connectivity index is 2.11. The number of hydrogen-bond acceptors (Lipinski definition) is 2. The second kappa shape index (κ2) is 5.83. The molecule has 0 saturated heterocycles. The number of nitrogens with one attached hydrogen (secondary N) is 1. The first-order chi connectivity index (χ1) is 9.38. The maximum absolute atomic E-state index is 12.7. The molecule has 1 saturated carbocycles. The first-order valence-corrected chi connectivity index (χ1v) is 6.59. The molecule has 0 bridgehead atoms. The monoisotopic (exact) mass is 286 g/mol. The van der Waals surface area contributed by atoms with Crippen LogP contribution in [-0.2, 0) is 17.5 Å². The van der Waals surface area contributed by atoms with Gasteiger partial charge in [0.2, 0.25) is 5.91 Å². The molecule has 3 N–H and O–H groups in total. The summed E-state index contributed by atoms with van der Waals surface area (Å²) < 4.78 is 38.2. The zero-order valence-electron chi connectivity index (χ0n) is 11.0. The molecule has 1 aliphatic carbocycles. The predicted molar refractivity (Wildman–Crippen MR) is 69.9 cm³/mol. The quantitative estimate of drug-likeness (QED) is 0.892. The van der Waals surface area contributed by atoms with Crippen LogP contribution in [0.15, 0.2) is 18.2 Å². The highest BCUT2D eigenvalue weighted by molar-refractivity contribution is 5.91. The first-order valence-electron chi connectivity index (χ1n) is 6.59. The molecule has 0 unspecified atom stereocenters. The Morgan fingerprint density at radius 1 is 1.30 bits per heavy atom. The average Bonchev–Trinajstić information content (AvgIpc) is 2.32. The van der Waals surface area contributed by atoms with E-state index in [0.29, 0.717) is 17.9 Å². The zero-order valence-corrected chi connectivity index (χ0v) is 11.0. The molecular formula is C14H17F3N2O. The highest BCUT2D eigenvalue weighted by atomic mass is 19.4. The molecule has 1 aromatic carbocycles. The van der Waals surface area contributed by atoms with E-state index in [1.165, 1.54) is 6.07 Å². The van der Waals surface area contributed by atoms with E-state index >= 15 is 0 Å². The molecule has 6 heteroatoms. The first kappa shape index (κ1) is 14.8. The van der Waals surface area contributed by atoms with E-state index in [-0.39, 0.29) is 18.1 Å². The molecular weight excluding hydrogens is 269 g/mol. The van der Waals surface area contributed by atoms with Gasteiger partial charge in [0.15, 0.2) is 0 Å². The van der Waals surface area contributed by atoms with Gasteiger partial charge in [0.1, 0.15) is 0 Å². The number of nitrogens with two attached hydrogens (primary N) is 1. The van der Waals surface area contributed by atoms with Crippen molar-refractivity contribution in [2.75, 3.05) is 5.32 Å². The van der Waals surface area contributed by atoms with Crippen LogP contribution in [0, 0.1) is 5.92 Å². The highest BCUT2D eigenvalue weighted by Crippen LogP contribution is 2.33. The van der Waals surface area contributed by atoms with Crippen LogP contribution in [-0.4, -0.2) is 5.91 Å². The van der Waals surface area contributed by atoms with Crippen LogP contribution in [0.5, 0.6) is 0 Å². The van der Waals surface area contributed by atoms with Crippen molar-refractivity contribution in [2.45, 2.75) is 38.4 Å². The zero-order chi connectivity index (χ0) is 14.8. The molecule has 0 spiro atoms. The molecule has 0 heterocycles. The SMILES string of the molecule is NCc1cc(NC(=O)CC2CCC2)cc(C(F)(F)F)c1. The van der Waals surface area contributed by atoms with Crippen molar-refractivity contribution in [1.82, 2.24) is 0 Å². The number of amides is 1. The van der Waals surface area contributed by atoms with Crippen LogP contribution < -0.4 is 11.1 Å². The highest BCUT2D eigenvalue weighted by Gasteiger charge is 2.31. The summed E-state index contributed by atoms with van der Waals surface area (Å²) in [5.74, 6) is 0.131. The van der Waals surface area contributed by atoms with Crippen molar-refractivity contribution in [1.29, 1.82) is 0 Å². The van der Waals surface area contributed by atoms with Gasteiger partial charge in [-0.25, -0.2) is 0 Å². The third-order valence-electron chi connectivity index (χ3n) is 3.54. The van der Waals surface area contributed by atoms with Crippen molar-refractivity contribution in [3.8, 4) is 0 Å². The predicted octanol–water partition coefficient (Wildman–Crippen LogP) is 3.29. The minimum Gasteiger partial charge on any atom is -0.326 e. The topological polar surface area (TPSA) is 55.1 Å². The second-order valence-electron chi connectivity index (χ2n) is 5.17. The number of benzene rings is 1. The summed E-state index contributed by atoms with van der Waals surface area (Å²) in [6, 6.07) is 3.42. The number of rotatable bonds is 4. The van der Waals surface area contributed by atoms with Gasteiger partial charge in [-0.2, -0.15) is 13.2 Å². The van der Waals surface area contributed by atoms with Gasteiger partial charge in [-0.1, -0.05) is 6.42 Å². The summed E-state index contributed by atoms with van der Waals surface area (Å²) in [5.41, 5.74) is 5.10. The third-order valence-corrected chi connectivity index (χ3v) is 3.54. The number of alkyl halides is 3. The fraction of sp³-hybridized carbons (Fsp3) is 0.500. The molecule has 0 aliphatic heterocycles. The van der Waals surface area contributed by atoms with Gasteiger partial charge >= 0.3 is 6.18 Å². The van der Waals surface area contributed by atoms with Crippen molar-refractivity contribution in [2.24, 2.45) is 11.7 Å². The van der Waals surface area contributed by atoms with Crippen LogP contribution >= 0.6 is 0 Å². The van der Waals surface area contributed by atoms with Crippen LogP contribution in [0.1, 0.15) is 36.8 Å². The minimum atomic E-state index is -4.45. The van der Waals surface area contributed by atoms with Crippen LogP contribution in [0.3, 0.4) is 0 Å². The smallest absolute Gasteiger partial charge is 0.326 e. The molecule has 1 aromatic rings. The lowest BCUT2D eigenvalue weighted by molar-refractivity contribution is -0.137. The summed E-state index contributed by atoms with van der Waals surface area (Å²) in [5, 5.41) is 2.53. The van der Waals surface area contributed by atoms with Crippen molar-refractivity contribution in [3.05, 3.63) is 29.3 Å². The van der Waals surface area contributed by atoms with Crippen LogP contribution in [0.25, 0.3) is 0 Å². The summed E-state index contributed by atoms with van der Waals surface area (Å²) in [6.07, 6.45) is -0.917. The van der Waals surface area contributed by atoms with E-state index in [2.05, 4.69) is 5.32 Å². The Morgan fingerprint density at radius 3 is 2.50 bits per heavy atom. The van der Waals surface area contributed by atoms with Gasteiger partial charge in [-0.3, -0.25) is 4.79 Å². The van der Waals surface area contributed by atoms with Crippen molar-refractivity contribution >= 4 is 11.6 Å².